The quantitative estimate of drug-likeness (QED) is 0.838. The molecule has 2 fully saturated rings. The number of pyridine rings is 1. The first-order chi connectivity index (χ1) is 11.8. The van der Waals surface area contributed by atoms with Gasteiger partial charge in [-0.2, -0.15) is 0 Å². The largest absolute Gasteiger partial charge is 0.379 e. The van der Waals surface area contributed by atoms with Gasteiger partial charge in [0.25, 0.3) is 5.91 Å². The lowest BCUT2D eigenvalue weighted by atomic mass is 9.99. The average Bonchev–Trinajstić information content (AvgIpc) is 3.27. The van der Waals surface area contributed by atoms with Crippen LogP contribution in [0.3, 0.4) is 0 Å². The van der Waals surface area contributed by atoms with Crippen LogP contribution in [0.4, 0.5) is 0 Å². The van der Waals surface area contributed by atoms with E-state index >= 15 is 0 Å². The molecule has 7 heteroatoms. The first kappa shape index (κ1) is 15.5. The molecule has 0 unspecified atom stereocenters. The van der Waals surface area contributed by atoms with E-state index in [4.69, 9.17) is 4.74 Å². The highest BCUT2D eigenvalue weighted by Gasteiger charge is 2.38. The van der Waals surface area contributed by atoms with Crippen LogP contribution in [0.25, 0.3) is 5.65 Å². The van der Waals surface area contributed by atoms with Gasteiger partial charge in [-0.3, -0.25) is 14.1 Å². The molecule has 4 heterocycles. The third-order valence-electron chi connectivity index (χ3n) is 5.27. The SMILES string of the molecule is CC[C@H]1CN(C(=O)c2ccc3nncn3c2)C[C@H]1N1CCOCC1. The van der Waals surface area contributed by atoms with Crippen LogP contribution >= 0.6 is 0 Å². The number of carbonyl (C=O) groups excluding carboxylic acids is 1. The number of hydrogen-bond donors (Lipinski definition) is 0. The van der Waals surface area contributed by atoms with Gasteiger partial charge >= 0.3 is 0 Å². The number of morpholine rings is 1. The van der Waals surface area contributed by atoms with Crippen LogP contribution in [0, 0.1) is 5.92 Å². The molecule has 1 amide bonds. The number of ether oxygens (including phenoxy) is 1. The van der Waals surface area contributed by atoms with E-state index in [1.165, 1.54) is 0 Å². The Hall–Kier alpha value is -1.99. The number of aromatic nitrogens is 3. The van der Waals surface area contributed by atoms with Crippen molar-refractivity contribution in [2.24, 2.45) is 5.92 Å². The topological polar surface area (TPSA) is 63.0 Å². The van der Waals surface area contributed by atoms with Gasteiger partial charge in [-0.15, -0.1) is 10.2 Å². The highest BCUT2D eigenvalue weighted by Crippen LogP contribution is 2.26. The van der Waals surface area contributed by atoms with Crippen molar-refractivity contribution in [2.75, 3.05) is 39.4 Å². The van der Waals surface area contributed by atoms with E-state index in [-0.39, 0.29) is 5.91 Å². The van der Waals surface area contributed by atoms with Gasteiger partial charge in [-0.05, 0) is 18.1 Å². The number of fused-ring (bicyclic) bond motifs is 1. The first-order valence-corrected chi connectivity index (χ1v) is 8.66. The highest BCUT2D eigenvalue weighted by molar-refractivity contribution is 5.94. The fraction of sp³-hybridized carbons (Fsp3) is 0.588. The first-order valence-electron chi connectivity index (χ1n) is 8.66. The number of rotatable bonds is 3. The Labute approximate surface area is 141 Å². The molecule has 0 N–H and O–H groups in total. The molecule has 2 aromatic rings. The molecule has 0 aliphatic carbocycles. The molecule has 7 nitrogen and oxygen atoms in total. The van der Waals surface area contributed by atoms with Crippen LogP contribution in [0.15, 0.2) is 24.7 Å². The summed E-state index contributed by atoms with van der Waals surface area (Å²) in [5, 5.41) is 7.85. The van der Waals surface area contributed by atoms with Crippen molar-refractivity contribution in [2.45, 2.75) is 19.4 Å². The molecule has 128 valence electrons. The predicted octanol–water partition coefficient (Wildman–Crippen LogP) is 0.912. The lowest BCUT2D eigenvalue weighted by Crippen LogP contribution is -2.47. The number of amides is 1. The van der Waals surface area contributed by atoms with Crippen molar-refractivity contribution in [3.8, 4) is 0 Å². The molecule has 2 atom stereocenters. The monoisotopic (exact) mass is 329 g/mol. The smallest absolute Gasteiger partial charge is 0.255 e. The molecule has 0 radical (unpaired) electrons. The van der Waals surface area contributed by atoms with Crippen LogP contribution in [0.1, 0.15) is 23.7 Å². The Kier molecular flexibility index (Phi) is 4.20. The van der Waals surface area contributed by atoms with Crippen molar-refractivity contribution in [3.63, 3.8) is 0 Å². The van der Waals surface area contributed by atoms with Crippen molar-refractivity contribution in [3.05, 3.63) is 30.2 Å². The second kappa shape index (κ2) is 6.49. The summed E-state index contributed by atoms with van der Waals surface area (Å²) in [6, 6.07) is 4.13. The number of likely N-dealkylation sites (tertiary alicyclic amines) is 1. The zero-order chi connectivity index (χ0) is 16.5. The Morgan fingerprint density at radius 2 is 2.12 bits per heavy atom. The molecule has 0 spiro atoms. The van der Waals surface area contributed by atoms with E-state index in [2.05, 4.69) is 22.0 Å². The van der Waals surface area contributed by atoms with Gasteiger partial charge in [-0.1, -0.05) is 13.3 Å². The number of carbonyl (C=O) groups is 1. The average molecular weight is 329 g/mol. The maximum Gasteiger partial charge on any atom is 0.255 e. The van der Waals surface area contributed by atoms with Crippen molar-refractivity contribution in [1.29, 1.82) is 0 Å². The van der Waals surface area contributed by atoms with Gasteiger partial charge < -0.3 is 9.64 Å². The molecule has 2 aromatic heterocycles. The number of hydrogen-bond acceptors (Lipinski definition) is 5. The van der Waals surface area contributed by atoms with Crippen molar-refractivity contribution >= 4 is 11.6 Å². The van der Waals surface area contributed by atoms with E-state index in [1.807, 2.05) is 23.2 Å². The summed E-state index contributed by atoms with van der Waals surface area (Å²) in [6.07, 6.45) is 4.54. The summed E-state index contributed by atoms with van der Waals surface area (Å²) < 4.78 is 7.26. The Balaban J connectivity index is 1.51. The van der Waals surface area contributed by atoms with Crippen LogP contribution in [-0.4, -0.2) is 75.7 Å². The fourth-order valence-corrected chi connectivity index (χ4v) is 3.88. The van der Waals surface area contributed by atoms with E-state index < -0.39 is 0 Å². The van der Waals surface area contributed by atoms with Gasteiger partial charge in [-0.25, -0.2) is 0 Å². The summed E-state index contributed by atoms with van der Waals surface area (Å²) in [7, 11) is 0. The van der Waals surface area contributed by atoms with Crippen LogP contribution in [-0.2, 0) is 4.74 Å². The molecule has 0 bridgehead atoms. The zero-order valence-corrected chi connectivity index (χ0v) is 14.0. The standard InChI is InChI=1S/C17H23N5O2/c1-2-13-9-21(11-15(13)20-5-7-24-8-6-20)17(23)14-3-4-16-19-18-12-22(16)10-14/h3-4,10,12-13,15H,2,5-9,11H2,1H3/t13-,15+/m0/s1. The molecule has 2 aliphatic rings. The maximum atomic E-state index is 12.9. The van der Waals surface area contributed by atoms with Gasteiger partial charge in [0.1, 0.15) is 6.33 Å². The summed E-state index contributed by atoms with van der Waals surface area (Å²) in [5.74, 6) is 0.630. The van der Waals surface area contributed by atoms with E-state index in [0.717, 1.165) is 51.5 Å². The van der Waals surface area contributed by atoms with Crippen molar-refractivity contribution in [1.82, 2.24) is 24.4 Å². The Morgan fingerprint density at radius 3 is 2.92 bits per heavy atom. The molecule has 0 aromatic carbocycles. The molecule has 2 aliphatic heterocycles. The second-order valence-corrected chi connectivity index (χ2v) is 6.61. The summed E-state index contributed by atoms with van der Waals surface area (Å²) in [5.41, 5.74) is 1.45. The molecule has 4 rings (SSSR count). The lowest BCUT2D eigenvalue weighted by Gasteiger charge is -2.34. The van der Waals surface area contributed by atoms with Crippen LogP contribution < -0.4 is 0 Å². The third-order valence-corrected chi connectivity index (χ3v) is 5.27. The lowest BCUT2D eigenvalue weighted by molar-refractivity contribution is 0.0103. The highest BCUT2D eigenvalue weighted by atomic mass is 16.5. The maximum absolute atomic E-state index is 12.9. The minimum atomic E-state index is 0.0970. The minimum Gasteiger partial charge on any atom is -0.379 e. The molecule has 24 heavy (non-hydrogen) atoms. The fourth-order valence-electron chi connectivity index (χ4n) is 3.88. The van der Waals surface area contributed by atoms with Gasteiger partial charge in [0, 0.05) is 38.4 Å². The number of nitrogens with zero attached hydrogens (tertiary/aromatic N) is 5. The second-order valence-electron chi connectivity index (χ2n) is 6.61. The van der Waals surface area contributed by atoms with Crippen LogP contribution in [0.2, 0.25) is 0 Å². The van der Waals surface area contributed by atoms with Gasteiger partial charge in [0.15, 0.2) is 5.65 Å². The molecule has 2 saturated heterocycles. The molecular weight excluding hydrogens is 306 g/mol. The minimum absolute atomic E-state index is 0.0970. The Bertz CT molecular complexity index is 725. The van der Waals surface area contributed by atoms with E-state index in [0.29, 0.717) is 17.5 Å². The third kappa shape index (κ3) is 2.78. The normalized spacial score (nSPS) is 25.5. The molecule has 0 saturated carbocycles. The van der Waals surface area contributed by atoms with E-state index in [1.54, 1.807) is 10.7 Å². The summed E-state index contributed by atoms with van der Waals surface area (Å²) >= 11 is 0. The Morgan fingerprint density at radius 1 is 1.29 bits per heavy atom. The zero-order valence-electron chi connectivity index (χ0n) is 14.0. The van der Waals surface area contributed by atoms with E-state index in [9.17, 15) is 4.79 Å². The van der Waals surface area contributed by atoms with Gasteiger partial charge in [0.05, 0.1) is 18.8 Å². The van der Waals surface area contributed by atoms with Crippen LogP contribution in [0.5, 0.6) is 0 Å². The van der Waals surface area contributed by atoms with Gasteiger partial charge in [0.2, 0.25) is 0 Å². The summed E-state index contributed by atoms with van der Waals surface area (Å²) in [4.78, 5) is 17.4. The molecular formula is C17H23N5O2. The van der Waals surface area contributed by atoms with Crippen molar-refractivity contribution < 1.29 is 9.53 Å². The predicted molar refractivity (Wildman–Crippen MR) is 88.9 cm³/mol. The summed E-state index contributed by atoms with van der Waals surface area (Å²) in [6.45, 7) is 7.38.